The summed E-state index contributed by atoms with van der Waals surface area (Å²) in [6.07, 6.45) is 6.86. The zero-order chi connectivity index (χ0) is 23.8. The number of fused-ring (bicyclic) bond motifs is 2. The topological polar surface area (TPSA) is 48.8 Å². The molecule has 0 bridgehead atoms. The van der Waals surface area contributed by atoms with E-state index in [1.165, 1.54) is 16.8 Å². The lowest BCUT2D eigenvalue weighted by atomic mass is 9.94. The van der Waals surface area contributed by atoms with Crippen LogP contribution in [0.2, 0.25) is 0 Å². The molecule has 5 nitrogen and oxygen atoms in total. The fourth-order valence-corrected chi connectivity index (χ4v) is 4.78. The van der Waals surface area contributed by atoms with Crippen molar-refractivity contribution in [2.75, 3.05) is 39.3 Å². The number of phenolic OH excluding ortho intramolecular Hbond substituents is 1. The van der Waals surface area contributed by atoms with E-state index in [4.69, 9.17) is 4.74 Å². The summed E-state index contributed by atoms with van der Waals surface area (Å²) in [7, 11) is 0. The number of ether oxygens (including phenoxy) is 1. The summed E-state index contributed by atoms with van der Waals surface area (Å²) in [4.78, 5) is 9.57. The minimum atomic E-state index is 0.194. The van der Waals surface area contributed by atoms with Crippen molar-refractivity contribution in [2.45, 2.75) is 39.5 Å². The number of aryl methyl sites for hydroxylation is 1. The first-order chi connectivity index (χ1) is 16.8. The molecule has 1 aliphatic carbocycles. The van der Waals surface area contributed by atoms with Gasteiger partial charge < -0.3 is 14.7 Å². The Morgan fingerprint density at radius 3 is 2.59 bits per heavy atom. The fraction of sp³-hybridized carbons (Fsp3) is 0.414. The molecular weight excluding hydrogens is 422 g/mol. The lowest BCUT2D eigenvalue weighted by Crippen LogP contribution is -2.45. The SMILES string of the molecule is CC.Oc1cccc2ccc(OCCCCN3CCN(C4=CCCc5ccccc54)CC3)nc12. The Morgan fingerprint density at radius 2 is 1.74 bits per heavy atom. The third kappa shape index (κ3) is 5.71. The summed E-state index contributed by atoms with van der Waals surface area (Å²) >= 11 is 0. The van der Waals surface area contributed by atoms with Crippen molar-refractivity contribution in [3.05, 3.63) is 71.8 Å². The highest BCUT2D eigenvalue weighted by atomic mass is 16.5. The standard InChI is InChI=1S/C27H31N3O2.C2H6/c31-25-12-6-9-22-13-14-26(28-27(22)25)32-20-4-3-15-29-16-18-30(19-17-29)24-11-5-8-21-7-1-2-10-23(21)24;1-2/h1-2,6-7,9-14,31H,3-5,8,15-20H2;1-2H3. The summed E-state index contributed by atoms with van der Waals surface area (Å²) in [5.41, 5.74) is 4.95. The van der Waals surface area contributed by atoms with Gasteiger partial charge in [0.05, 0.1) is 6.61 Å². The highest BCUT2D eigenvalue weighted by molar-refractivity contribution is 5.84. The van der Waals surface area contributed by atoms with Gasteiger partial charge in [-0.2, -0.15) is 0 Å². The molecule has 2 heterocycles. The largest absolute Gasteiger partial charge is 0.506 e. The van der Waals surface area contributed by atoms with Gasteiger partial charge in [0, 0.05) is 48.9 Å². The molecule has 0 saturated carbocycles. The number of benzene rings is 2. The Balaban J connectivity index is 0.00000133. The van der Waals surface area contributed by atoms with Gasteiger partial charge in [-0.3, -0.25) is 4.90 Å². The van der Waals surface area contributed by atoms with Crippen molar-refractivity contribution in [3.63, 3.8) is 0 Å². The minimum absolute atomic E-state index is 0.194. The number of piperazine rings is 1. The average molecular weight is 460 g/mol. The lowest BCUT2D eigenvalue weighted by Gasteiger charge is -2.38. The van der Waals surface area contributed by atoms with Crippen LogP contribution in [-0.4, -0.2) is 59.2 Å². The summed E-state index contributed by atoms with van der Waals surface area (Å²) in [6, 6.07) is 18.1. The molecule has 5 rings (SSSR count). The van der Waals surface area contributed by atoms with Crippen molar-refractivity contribution >= 4 is 16.6 Å². The molecule has 0 atom stereocenters. The van der Waals surface area contributed by atoms with Gasteiger partial charge in [-0.15, -0.1) is 0 Å². The predicted molar refractivity (Wildman–Crippen MR) is 140 cm³/mol. The second kappa shape index (κ2) is 11.9. The molecule has 2 aromatic carbocycles. The van der Waals surface area contributed by atoms with Crippen LogP contribution in [0.15, 0.2) is 60.7 Å². The first-order valence-electron chi connectivity index (χ1n) is 12.8. The Hall–Kier alpha value is -3.05. The number of hydrogen-bond acceptors (Lipinski definition) is 5. The van der Waals surface area contributed by atoms with Crippen LogP contribution in [0.5, 0.6) is 11.6 Å². The smallest absolute Gasteiger partial charge is 0.213 e. The molecular formula is C29H37N3O2. The number of aromatic nitrogens is 1. The number of unbranched alkanes of at least 4 members (excludes halogenated alkanes) is 1. The Morgan fingerprint density at radius 1 is 0.912 bits per heavy atom. The van der Waals surface area contributed by atoms with E-state index in [9.17, 15) is 5.11 Å². The number of allylic oxidation sites excluding steroid dienone is 1. The third-order valence-electron chi connectivity index (χ3n) is 6.55. The molecule has 0 unspecified atom stereocenters. The molecule has 1 saturated heterocycles. The number of rotatable bonds is 7. The quantitative estimate of drug-likeness (QED) is 0.457. The Kier molecular flexibility index (Phi) is 8.42. The van der Waals surface area contributed by atoms with Gasteiger partial charge in [0.15, 0.2) is 0 Å². The van der Waals surface area contributed by atoms with Gasteiger partial charge >= 0.3 is 0 Å². The molecule has 1 N–H and O–H groups in total. The van der Waals surface area contributed by atoms with Crippen LogP contribution in [0.1, 0.15) is 44.2 Å². The number of hydrogen-bond donors (Lipinski definition) is 1. The second-order valence-electron chi connectivity index (χ2n) is 8.67. The number of para-hydroxylation sites is 1. The van der Waals surface area contributed by atoms with Crippen LogP contribution in [-0.2, 0) is 6.42 Å². The van der Waals surface area contributed by atoms with Gasteiger partial charge in [-0.05, 0) is 49.9 Å². The van der Waals surface area contributed by atoms with Crippen LogP contribution < -0.4 is 4.74 Å². The number of nitrogens with zero attached hydrogens (tertiary/aromatic N) is 3. The van der Waals surface area contributed by atoms with Gasteiger partial charge in [-0.1, -0.05) is 56.3 Å². The van der Waals surface area contributed by atoms with Crippen LogP contribution in [0.25, 0.3) is 16.6 Å². The summed E-state index contributed by atoms with van der Waals surface area (Å²) in [5, 5.41) is 10.9. The van der Waals surface area contributed by atoms with E-state index >= 15 is 0 Å². The summed E-state index contributed by atoms with van der Waals surface area (Å²) < 4.78 is 5.83. The van der Waals surface area contributed by atoms with Crippen molar-refractivity contribution in [2.24, 2.45) is 0 Å². The van der Waals surface area contributed by atoms with Gasteiger partial charge in [-0.25, -0.2) is 4.98 Å². The fourth-order valence-electron chi connectivity index (χ4n) is 4.78. The van der Waals surface area contributed by atoms with Crippen molar-refractivity contribution in [1.82, 2.24) is 14.8 Å². The van der Waals surface area contributed by atoms with Crippen molar-refractivity contribution < 1.29 is 9.84 Å². The Labute approximate surface area is 203 Å². The van der Waals surface area contributed by atoms with Crippen LogP contribution >= 0.6 is 0 Å². The van der Waals surface area contributed by atoms with Crippen molar-refractivity contribution in [1.29, 1.82) is 0 Å². The third-order valence-corrected chi connectivity index (χ3v) is 6.55. The van der Waals surface area contributed by atoms with Gasteiger partial charge in [0.2, 0.25) is 5.88 Å². The van der Waals surface area contributed by atoms with Crippen LogP contribution in [0.3, 0.4) is 0 Å². The van der Waals surface area contributed by atoms with E-state index in [1.54, 1.807) is 6.07 Å². The molecule has 0 radical (unpaired) electrons. The maximum atomic E-state index is 9.97. The van der Waals surface area contributed by atoms with E-state index in [0.29, 0.717) is 18.0 Å². The average Bonchev–Trinajstić information content (AvgIpc) is 2.90. The second-order valence-corrected chi connectivity index (χ2v) is 8.67. The zero-order valence-electron chi connectivity index (χ0n) is 20.5. The van der Waals surface area contributed by atoms with Gasteiger partial charge in [0.25, 0.3) is 0 Å². The normalized spacial score (nSPS) is 15.8. The molecule has 1 aromatic heterocycles. The number of pyridine rings is 1. The molecule has 1 aliphatic heterocycles. The first kappa shape index (κ1) is 24.1. The highest BCUT2D eigenvalue weighted by Crippen LogP contribution is 2.29. The molecule has 180 valence electrons. The van der Waals surface area contributed by atoms with E-state index in [0.717, 1.165) is 63.8 Å². The number of aromatic hydroxyl groups is 1. The molecule has 0 amide bonds. The maximum absolute atomic E-state index is 9.97. The Bertz CT molecular complexity index is 1100. The minimum Gasteiger partial charge on any atom is -0.506 e. The van der Waals surface area contributed by atoms with Gasteiger partial charge in [0.1, 0.15) is 11.3 Å². The lowest BCUT2D eigenvalue weighted by molar-refractivity contribution is 0.169. The van der Waals surface area contributed by atoms with E-state index < -0.39 is 0 Å². The van der Waals surface area contributed by atoms with E-state index in [1.807, 2.05) is 38.1 Å². The monoisotopic (exact) mass is 459 g/mol. The molecule has 5 heteroatoms. The van der Waals surface area contributed by atoms with Crippen LogP contribution in [0, 0.1) is 0 Å². The summed E-state index contributed by atoms with van der Waals surface area (Å²) in [6.45, 7) is 10.2. The molecule has 1 fully saturated rings. The maximum Gasteiger partial charge on any atom is 0.213 e. The van der Waals surface area contributed by atoms with E-state index in [-0.39, 0.29) is 5.75 Å². The number of phenols is 1. The molecule has 0 spiro atoms. The molecule has 34 heavy (non-hydrogen) atoms. The zero-order valence-corrected chi connectivity index (χ0v) is 20.5. The molecule has 2 aliphatic rings. The molecule has 3 aromatic rings. The van der Waals surface area contributed by atoms with Crippen molar-refractivity contribution in [3.8, 4) is 11.6 Å². The first-order valence-corrected chi connectivity index (χ1v) is 12.8. The highest BCUT2D eigenvalue weighted by Gasteiger charge is 2.22. The summed E-state index contributed by atoms with van der Waals surface area (Å²) in [5.74, 6) is 0.772. The predicted octanol–water partition coefficient (Wildman–Crippen LogP) is 5.73. The van der Waals surface area contributed by atoms with Crippen LogP contribution in [0.4, 0.5) is 0 Å². The van der Waals surface area contributed by atoms with E-state index in [2.05, 4.69) is 45.1 Å².